The van der Waals surface area contributed by atoms with E-state index in [-0.39, 0.29) is 76.7 Å². The van der Waals surface area contributed by atoms with Gasteiger partial charge in [-0.25, -0.2) is 0 Å². The molecule has 1 aromatic heterocycles. The van der Waals surface area contributed by atoms with Crippen LogP contribution in [0.15, 0.2) is 54.9 Å². The zero-order chi connectivity index (χ0) is 49.5. The summed E-state index contributed by atoms with van der Waals surface area (Å²) in [6, 6.07) is 13.6. The molecule has 0 bridgehead atoms. The Morgan fingerprint density at radius 3 is 1.79 bits per heavy atom. The molecule has 2 aromatic carbocycles. The lowest BCUT2D eigenvalue weighted by Crippen LogP contribution is -2.46. The van der Waals surface area contributed by atoms with Crippen molar-refractivity contribution in [3.8, 4) is 16.9 Å². The summed E-state index contributed by atoms with van der Waals surface area (Å²) in [5.41, 5.74) is 3.93. The molecular weight excluding hydrogens is 927 g/mol. The van der Waals surface area contributed by atoms with Gasteiger partial charge in [0.25, 0.3) is 0 Å². The Kier molecular flexibility index (Phi) is 21.6. The molecule has 1 amide bonds. The molecule has 5 rings (SSSR count). The predicted molar refractivity (Wildman–Crippen MR) is 250 cm³/mol. The first-order chi connectivity index (χ1) is 32.5. The van der Waals surface area contributed by atoms with Gasteiger partial charge in [-0.1, -0.05) is 41.4 Å². The van der Waals surface area contributed by atoms with Gasteiger partial charge in [-0.2, -0.15) is 0 Å². The lowest BCUT2D eigenvalue weighted by Gasteiger charge is -2.26. The van der Waals surface area contributed by atoms with E-state index in [1.165, 1.54) is 4.90 Å². The van der Waals surface area contributed by atoms with Gasteiger partial charge in [0.05, 0.1) is 43.7 Å². The zero-order valence-electron chi connectivity index (χ0n) is 38.0. The average molecular weight is 994 g/mol. The summed E-state index contributed by atoms with van der Waals surface area (Å²) in [7, 11) is 0. The SMILES string of the molecule is O=C(CC[C@@H](O)[C@H](O)[C@@H](O)[C@@H](O)CO)CCN(CCC(=O)CC[C@@H](O)[C@H](O)[C@@H](O)[C@@H](O)CO)C(=O)CCCCc1cc(Cl)c(COC2(c3cnccc3-c3ccccc3OC3CC3)CC2)cc1Cl. The van der Waals surface area contributed by atoms with Gasteiger partial charge >= 0.3 is 0 Å². The number of hydrogen-bond acceptors (Lipinski definition) is 16. The molecule has 0 spiro atoms. The lowest BCUT2D eigenvalue weighted by molar-refractivity contribution is -0.133. The second-order valence-electron chi connectivity index (χ2n) is 17.9. The molecule has 3 aromatic rings. The monoisotopic (exact) mass is 992 g/mol. The van der Waals surface area contributed by atoms with Gasteiger partial charge in [-0.15, -0.1) is 0 Å². The minimum Gasteiger partial charge on any atom is -0.490 e. The zero-order valence-corrected chi connectivity index (χ0v) is 39.5. The van der Waals surface area contributed by atoms with Crippen LogP contribution in [0.1, 0.15) is 100 Å². The minimum atomic E-state index is -1.85. The van der Waals surface area contributed by atoms with Crippen molar-refractivity contribution < 1.29 is 74.9 Å². The fourth-order valence-electron chi connectivity index (χ4n) is 7.87. The summed E-state index contributed by atoms with van der Waals surface area (Å²) in [6.45, 7) is -1.67. The van der Waals surface area contributed by atoms with Crippen LogP contribution in [0, 0.1) is 0 Å². The van der Waals surface area contributed by atoms with E-state index in [0.717, 1.165) is 59.3 Å². The van der Waals surface area contributed by atoms with Gasteiger partial charge in [0.15, 0.2) is 0 Å². The van der Waals surface area contributed by atoms with E-state index >= 15 is 0 Å². The van der Waals surface area contributed by atoms with Crippen molar-refractivity contribution >= 4 is 40.7 Å². The predicted octanol–water partition coefficient (Wildman–Crippen LogP) is 2.69. The third kappa shape index (κ3) is 15.9. The molecule has 376 valence electrons. The standard InChI is InChI=1S/C49H66Cl2N2O15/c50-37-24-30(28-67-49(18-19-49)36-25-52-20-15-34(36)35-6-2-3-7-43(35)68-33-11-12-33)38(51)23-29(37)5-1-4-8-44(62)53(21-16-31(56)9-13-39(58)45(63)47(65)41(60)26-54)22-17-32(57)10-14-40(59)46(64)48(66)42(61)27-55/h2-3,6-7,15,20,23-25,33,39-42,45-48,54-55,58-61,63-66H,1,4-5,8-14,16-19,21-22,26-28H2/t39-,40-,41+,42+,45+,46+,47+,48+/m1/s1. The van der Waals surface area contributed by atoms with Gasteiger partial charge < -0.3 is 65.4 Å². The van der Waals surface area contributed by atoms with Gasteiger partial charge in [-0.05, 0) is 98.7 Å². The highest BCUT2D eigenvalue weighted by molar-refractivity contribution is 6.34. The Labute approximate surface area is 405 Å². The summed E-state index contributed by atoms with van der Waals surface area (Å²) in [4.78, 5) is 45.0. The normalized spacial score (nSPS) is 17.9. The molecule has 2 saturated carbocycles. The first-order valence-corrected chi connectivity index (χ1v) is 24.0. The number of rotatable bonds is 32. The highest BCUT2D eigenvalue weighted by atomic mass is 35.5. The first-order valence-electron chi connectivity index (χ1n) is 23.3. The first kappa shape index (κ1) is 55.3. The fraction of sp³-hybridized carbons (Fsp3) is 0.592. The number of hydrogen-bond donors (Lipinski definition) is 10. The van der Waals surface area contributed by atoms with Crippen LogP contribution in [0.25, 0.3) is 11.1 Å². The number of carbonyl (C=O) groups is 3. The number of aromatic nitrogens is 1. The van der Waals surface area contributed by atoms with Gasteiger partial charge in [0, 0.05) is 78.8 Å². The van der Waals surface area contributed by atoms with Crippen LogP contribution in [0.3, 0.4) is 0 Å². The smallest absolute Gasteiger partial charge is 0.222 e. The number of unbranched alkanes of at least 4 members (excludes halogenated alkanes) is 1. The summed E-state index contributed by atoms with van der Waals surface area (Å²) >= 11 is 13.6. The number of aliphatic hydroxyl groups excluding tert-OH is 10. The number of halogens is 2. The molecule has 10 N–H and O–H groups in total. The van der Waals surface area contributed by atoms with Crippen molar-refractivity contribution in [3.63, 3.8) is 0 Å². The van der Waals surface area contributed by atoms with Crippen molar-refractivity contribution in [1.82, 2.24) is 9.88 Å². The Morgan fingerprint density at radius 1 is 0.691 bits per heavy atom. The summed E-state index contributed by atoms with van der Waals surface area (Å²) < 4.78 is 12.8. The number of aryl methyl sites for hydroxylation is 1. The van der Waals surface area contributed by atoms with E-state index in [0.29, 0.717) is 29.3 Å². The Balaban J connectivity index is 1.14. The molecule has 2 aliphatic rings. The molecule has 1 heterocycles. The van der Waals surface area contributed by atoms with Crippen LogP contribution in [-0.2, 0) is 37.7 Å². The third-order valence-corrected chi connectivity index (χ3v) is 13.3. The molecule has 17 nitrogen and oxygen atoms in total. The molecule has 0 unspecified atom stereocenters. The number of aliphatic hydroxyl groups is 10. The van der Waals surface area contributed by atoms with Crippen molar-refractivity contribution in [2.75, 3.05) is 26.3 Å². The van der Waals surface area contributed by atoms with Crippen LogP contribution >= 0.6 is 23.2 Å². The highest BCUT2D eigenvalue weighted by Crippen LogP contribution is 2.53. The van der Waals surface area contributed by atoms with Crippen molar-refractivity contribution in [2.24, 2.45) is 0 Å². The Bertz CT molecular complexity index is 2060. The van der Waals surface area contributed by atoms with Crippen molar-refractivity contribution in [3.05, 3.63) is 81.6 Å². The second kappa shape index (κ2) is 26.5. The molecule has 0 aliphatic heterocycles. The summed E-state index contributed by atoms with van der Waals surface area (Å²) in [6.07, 6.45) is -6.26. The molecule has 68 heavy (non-hydrogen) atoms. The fourth-order valence-corrected chi connectivity index (χ4v) is 8.39. The number of pyridine rings is 1. The molecule has 19 heteroatoms. The maximum atomic E-state index is 13.6. The van der Waals surface area contributed by atoms with Crippen LogP contribution in [0.5, 0.6) is 5.75 Å². The summed E-state index contributed by atoms with van der Waals surface area (Å²) in [5, 5.41) is 98.6. The minimum absolute atomic E-state index is 0.0568. The van der Waals surface area contributed by atoms with E-state index < -0.39 is 79.2 Å². The lowest BCUT2D eigenvalue weighted by atomic mass is 9.96. The molecule has 2 fully saturated rings. The molecular formula is C49H66Cl2N2O15. The maximum absolute atomic E-state index is 13.6. The van der Waals surface area contributed by atoms with Crippen LogP contribution < -0.4 is 4.74 Å². The number of Topliss-reactive ketones (excluding diaryl/α,β-unsaturated/α-hetero) is 2. The average Bonchev–Trinajstić information content (AvgIpc) is 4.30. The molecule has 2 aliphatic carbocycles. The number of ketones is 2. The topological polar surface area (TPSA) is 288 Å². The molecule has 8 atom stereocenters. The van der Waals surface area contributed by atoms with Crippen molar-refractivity contribution in [2.45, 2.75) is 157 Å². The van der Waals surface area contributed by atoms with E-state index in [9.17, 15) is 55.2 Å². The van der Waals surface area contributed by atoms with E-state index in [1.54, 1.807) is 18.3 Å². The number of benzene rings is 2. The number of para-hydroxylation sites is 1. The molecule has 0 saturated heterocycles. The Hall–Kier alpha value is -3.66. The number of nitrogens with zero attached hydrogens (tertiary/aromatic N) is 2. The highest BCUT2D eigenvalue weighted by Gasteiger charge is 2.48. The number of amides is 1. The largest absolute Gasteiger partial charge is 0.490 e. The van der Waals surface area contributed by atoms with E-state index in [4.69, 9.17) is 42.9 Å². The van der Waals surface area contributed by atoms with E-state index in [2.05, 4.69) is 4.98 Å². The van der Waals surface area contributed by atoms with Crippen molar-refractivity contribution in [1.29, 1.82) is 0 Å². The summed E-state index contributed by atoms with van der Waals surface area (Å²) in [5.74, 6) is -0.305. The molecule has 0 radical (unpaired) electrons. The third-order valence-electron chi connectivity index (χ3n) is 12.6. The second-order valence-corrected chi connectivity index (χ2v) is 18.7. The van der Waals surface area contributed by atoms with Crippen LogP contribution in [0.2, 0.25) is 10.0 Å². The van der Waals surface area contributed by atoms with E-state index in [1.807, 2.05) is 36.5 Å². The Morgan fingerprint density at radius 2 is 1.24 bits per heavy atom. The maximum Gasteiger partial charge on any atom is 0.222 e. The van der Waals surface area contributed by atoms with Gasteiger partial charge in [0.2, 0.25) is 5.91 Å². The van der Waals surface area contributed by atoms with Crippen LogP contribution in [0.4, 0.5) is 0 Å². The number of ether oxygens (including phenoxy) is 2. The van der Waals surface area contributed by atoms with Gasteiger partial charge in [0.1, 0.15) is 53.9 Å². The van der Waals surface area contributed by atoms with Crippen LogP contribution in [-0.4, -0.2) is 160 Å². The number of carbonyl (C=O) groups excluding carboxylic acids is 3. The van der Waals surface area contributed by atoms with Gasteiger partial charge in [-0.3, -0.25) is 19.4 Å². The quantitative estimate of drug-likeness (QED) is 0.0403.